The number of urea groups is 1. The Bertz CT molecular complexity index is 617. The first-order chi connectivity index (χ1) is 11.8. The Morgan fingerprint density at radius 1 is 1.04 bits per heavy atom. The van der Waals surface area contributed by atoms with Crippen LogP contribution in [-0.2, 0) is 11.2 Å². The predicted molar refractivity (Wildman–Crippen MR) is 95.6 cm³/mol. The normalized spacial score (nSPS) is 10.2. The van der Waals surface area contributed by atoms with Gasteiger partial charge in [-0.1, -0.05) is 36.4 Å². The highest BCUT2D eigenvalue weighted by Gasteiger charge is 2.02. The van der Waals surface area contributed by atoms with Crippen LogP contribution in [0.2, 0.25) is 0 Å². The fourth-order valence-corrected chi connectivity index (χ4v) is 2.19. The summed E-state index contributed by atoms with van der Waals surface area (Å²) in [4.78, 5) is 11.8. The van der Waals surface area contributed by atoms with Crippen molar-refractivity contribution in [3.63, 3.8) is 0 Å². The summed E-state index contributed by atoms with van der Waals surface area (Å²) in [5.74, 6) is 0.708. The third-order valence-corrected chi connectivity index (χ3v) is 3.46. The van der Waals surface area contributed by atoms with Crippen LogP contribution in [0.1, 0.15) is 12.0 Å². The molecule has 2 rings (SSSR count). The molecule has 0 saturated carbocycles. The first-order valence-corrected chi connectivity index (χ1v) is 8.08. The SMILES string of the molecule is COc1cccc(NC(=O)NCCCOCCc2ccccc2)c1. The molecule has 0 atom stereocenters. The Morgan fingerprint density at radius 2 is 1.88 bits per heavy atom. The van der Waals surface area contributed by atoms with Crippen molar-refractivity contribution in [2.45, 2.75) is 12.8 Å². The molecule has 5 heteroatoms. The number of hydrogen-bond donors (Lipinski definition) is 2. The number of carbonyl (C=O) groups is 1. The molecule has 0 aliphatic heterocycles. The van der Waals surface area contributed by atoms with Crippen LogP contribution in [0.3, 0.4) is 0 Å². The maximum atomic E-state index is 11.8. The largest absolute Gasteiger partial charge is 0.497 e. The molecule has 2 aromatic rings. The molecule has 0 aromatic heterocycles. The van der Waals surface area contributed by atoms with E-state index in [4.69, 9.17) is 9.47 Å². The molecule has 128 valence electrons. The number of hydrogen-bond acceptors (Lipinski definition) is 3. The van der Waals surface area contributed by atoms with Crippen molar-refractivity contribution in [1.29, 1.82) is 0 Å². The van der Waals surface area contributed by atoms with E-state index in [0.717, 1.165) is 12.8 Å². The van der Waals surface area contributed by atoms with Crippen molar-refractivity contribution >= 4 is 11.7 Å². The van der Waals surface area contributed by atoms with Crippen molar-refractivity contribution < 1.29 is 14.3 Å². The number of carbonyl (C=O) groups excluding carboxylic acids is 1. The van der Waals surface area contributed by atoms with Crippen LogP contribution >= 0.6 is 0 Å². The van der Waals surface area contributed by atoms with E-state index in [0.29, 0.717) is 31.2 Å². The molecule has 0 bridgehead atoms. The van der Waals surface area contributed by atoms with E-state index in [1.807, 2.05) is 36.4 Å². The van der Waals surface area contributed by atoms with Gasteiger partial charge in [-0.2, -0.15) is 0 Å². The zero-order valence-electron chi connectivity index (χ0n) is 14.0. The maximum absolute atomic E-state index is 11.8. The van der Waals surface area contributed by atoms with Gasteiger partial charge in [-0.15, -0.1) is 0 Å². The summed E-state index contributed by atoms with van der Waals surface area (Å²) in [7, 11) is 1.59. The van der Waals surface area contributed by atoms with Gasteiger partial charge in [0, 0.05) is 24.9 Å². The van der Waals surface area contributed by atoms with Crippen LogP contribution in [0.5, 0.6) is 5.75 Å². The minimum Gasteiger partial charge on any atom is -0.497 e. The van der Waals surface area contributed by atoms with E-state index in [1.165, 1.54) is 5.56 Å². The highest BCUT2D eigenvalue weighted by atomic mass is 16.5. The number of nitrogens with one attached hydrogen (secondary N) is 2. The van der Waals surface area contributed by atoms with Gasteiger partial charge >= 0.3 is 6.03 Å². The Morgan fingerprint density at radius 3 is 2.67 bits per heavy atom. The number of amides is 2. The summed E-state index contributed by atoms with van der Waals surface area (Å²) in [5, 5.41) is 5.58. The highest BCUT2D eigenvalue weighted by molar-refractivity contribution is 5.89. The van der Waals surface area contributed by atoms with Crippen molar-refractivity contribution in [3.05, 3.63) is 60.2 Å². The summed E-state index contributed by atoms with van der Waals surface area (Å²) in [6.07, 6.45) is 1.69. The molecule has 2 N–H and O–H groups in total. The molecule has 0 fully saturated rings. The quantitative estimate of drug-likeness (QED) is 0.693. The number of methoxy groups -OCH3 is 1. The van der Waals surface area contributed by atoms with Gasteiger partial charge < -0.3 is 20.1 Å². The van der Waals surface area contributed by atoms with E-state index < -0.39 is 0 Å². The molecule has 0 spiro atoms. The van der Waals surface area contributed by atoms with Gasteiger partial charge in [0.25, 0.3) is 0 Å². The molecule has 0 aliphatic carbocycles. The summed E-state index contributed by atoms with van der Waals surface area (Å²) in [5.41, 5.74) is 1.97. The van der Waals surface area contributed by atoms with Gasteiger partial charge in [-0.05, 0) is 30.5 Å². The molecule has 24 heavy (non-hydrogen) atoms. The highest BCUT2D eigenvalue weighted by Crippen LogP contribution is 2.16. The van der Waals surface area contributed by atoms with E-state index in [-0.39, 0.29) is 6.03 Å². The Hall–Kier alpha value is -2.53. The van der Waals surface area contributed by atoms with Crippen LogP contribution < -0.4 is 15.4 Å². The van der Waals surface area contributed by atoms with Gasteiger partial charge in [0.1, 0.15) is 5.75 Å². The second-order valence-corrected chi connectivity index (χ2v) is 5.31. The molecule has 0 aliphatic rings. The van der Waals surface area contributed by atoms with Crippen LogP contribution in [0.4, 0.5) is 10.5 Å². The maximum Gasteiger partial charge on any atom is 0.319 e. The van der Waals surface area contributed by atoms with Gasteiger partial charge in [-0.3, -0.25) is 0 Å². The number of benzene rings is 2. The fourth-order valence-electron chi connectivity index (χ4n) is 2.19. The van der Waals surface area contributed by atoms with Crippen molar-refractivity contribution in [2.75, 3.05) is 32.2 Å². The third kappa shape index (κ3) is 6.71. The molecule has 0 radical (unpaired) electrons. The molecule has 0 unspecified atom stereocenters. The van der Waals surface area contributed by atoms with E-state index in [1.54, 1.807) is 13.2 Å². The lowest BCUT2D eigenvalue weighted by atomic mass is 10.2. The molecule has 2 amide bonds. The number of ether oxygens (including phenoxy) is 2. The van der Waals surface area contributed by atoms with Gasteiger partial charge in [0.2, 0.25) is 0 Å². The standard InChI is InChI=1S/C19H24N2O3/c1-23-18-10-5-9-17(15-18)21-19(22)20-12-6-13-24-14-11-16-7-3-2-4-8-16/h2-5,7-10,15H,6,11-14H2,1H3,(H2,20,21,22). The minimum absolute atomic E-state index is 0.229. The summed E-state index contributed by atoms with van der Waals surface area (Å²) in [6, 6.07) is 17.3. The molecule has 5 nitrogen and oxygen atoms in total. The van der Waals surface area contributed by atoms with Crippen LogP contribution in [0.15, 0.2) is 54.6 Å². The van der Waals surface area contributed by atoms with Crippen LogP contribution in [0.25, 0.3) is 0 Å². The molecule has 0 heterocycles. The van der Waals surface area contributed by atoms with Crippen molar-refractivity contribution in [1.82, 2.24) is 5.32 Å². The zero-order valence-corrected chi connectivity index (χ0v) is 14.0. The Balaban J connectivity index is 1.53. The van der Waals surface area contributed by atoms with Gasteiger partial charge in [-0.25, -0.2) is 4.79 Å². The Kier molecular flexibility index (Phi) is 7.63. The summed E-state index contributed by atoms with van der Waals surface area (Å²) >= 11 is 0. The van der Waals surface area contributed by atoms with Crippen LogP contribution in [-0.4, -0.2) is 32.9 Å². The third-order valence-electron chi connectivity index (χ3n) is 3.46. The monoisotopic (exact) mass is 328 g/mol. The minimum atomic E-state index is -0.229. The van der Waals surface area contributed by atoms with E-state index in [9.17, 15) is 4.79 Å². The second kappa shape index (κ2) is 10.3. The fraction of sp³-hybridized carbons (Fsp3) is 0.316. The molecular weight excluding hydrogens is 304 g/mol. The van der Waals surface area contributed by atoms with Gasteiger partial charge in [0.15, 0.2) is 0 Å². The lowest BCUT2D eigenvalue weighted by molar-refractivity contribution is 0.135. The summed E-state index contributed by atoms with van der Waals surface area (Å²) < 4.78 is 10.7. The average molecular weight is 328 g/mol. The molecule has 2 aromatic carbocycles. The average Bonchev–Trinajstić information content (AvgIpc) is 2.62. The zero-order chi connectivity index (χ0) is 17.0. The second-order valence-electron chi connectivity index (χ2n) is 5.31. The molecule has 0 saturated heterocycles. The lowest BCUT2D eigenvalue weighted by Crippen LogP contribution is -2.30. The van der Waals surface area contributed by atoms with E-state index >= 15 is 0 Å². The van der Waals surface area contributed by atoms with Crippen LogP contribution in [0, 0.1) is 0 Å². The number of anilines is 1. The van der Waals surface area contributed by atoms with Crippen molar-refractivity contribution in [2.24, 2.45) is 0 Å². The summed E-state index contributed by atoms with van der Waals surface area (Å²) in [6.45, 7) is 1.90. The smallest absolute Gasteiger partial charge is 0.319 e. The number of rotatable bonds is 9. The van der Waals surface area contributed by atoms with E-state index in [2.05, 4.69) is 22.8 Å². The van der Waals surface area contributed by atoms with Crippen molar-refractivity contribution in [3.8, 4) is 5.75 Å². The predicted octanol–water partition coefficient (Wildman–Crippen LogP) is 3.47. The Labute approximate surface area is 143 Å². The first kappa shape index (κ1) is 17.8. The molecular formula is C19H24N2O3. The lowest BCUT2D eigenvalue weighted by Gasteiger charge is -2.09. The first-order valence-electron chi connectivity index (χ1n) is 8.08. The topological polar surface area (TPSA) is 59.6 Å². The van der Waals surface area contributed by atoms with Gasteiger partial charge in [0.05, 0.1) is 13.7 Å².